The molecule has 0 aliphatic carbocycles. The lowest BCUT2D eigenvalue weighted by Crippen LogP contribution is -2.20. The highest BCUT2D eigenvalue weighted by atomic mass is 35.5. The second-order valence-corrected chi connectivity index (χ2v) is 8.46. The number of hydrogen-bond acceptors (Lipinski definition) is 6. The van der Waals surface area contributed by atoms with Gasteiger partial charge in [-0.3, -0.25) is 9.59 Å². The Bertz CT molecular complexity index is 1360. The molecule has 38 heavy (non-hydrogen) atoms. The minimum atomic E-state index is -0.584. The molecular formula is C29H28ClN3O5. The Morgan fingerprint density at radius 3 is 2.34 bits per heavy atom. The third-order valence-corrected chi connectivity index (χ3v) is 5.36. The van der Waals surface area contributed by atoms with Crippen LogP contribution in [-0.4, -0.2) is 31.6 Å². The van der Waals surface area contributed by atoms with Gasteiger partial charge >= 0.3 is 0 Å². The number of nitrogens with zero attached hydrogens (tertiary/aromatic N) is 1. The molecule has 9 heteroatoms. The van der Waals surface area contributed by atoms with Crippen LogP contribution in [0.1, 0.15) is 25.0 Å². The van der Waals surface area contributed by atoms with Crippen molar-refractivity contribution in [1.29, 1.82) is 5.26 Å². The smallest absolute Gasteiger partial charge is 0.266 e. The van der Waals surface area contributed by atoms with E-state index in [2.05, 4.69) is 10.6 Å². The molecule has 0 unspecified atom stereocenters. The molecule has 3 aromatic carbocycles. The molecule has 0 atom stereocenters. The molecule has 0 saturated carbocycles. The minimum absolute atomic E-state index is 0.136. The highest BCUT2D eigenvalue weighted by Gasteiger charge is 2.16. The zero-order valence-corrected chi connectivity index (χ0v) is 22.1. The largest absolute Gasteiger partial charge is 0.494 e. The molecule has 0 aliphatic heterocycles. The molecular weight excluding hydrogens is 506 g/mol. The third-order valence-electron chi connectivity index (χ3n) is 5.08. The summed E-state index contributed by atoms with van der Waals surface area (Å²) in [5.74, 6) is 0.186. The van der Waals surface area contributed by atoms with Gasteiger partial charge in [-0.25, -0.2) is 0 Å². The van der Waals surface area contributed by atoms with E-state index in [1.807, 2.05) is 38.1 Å². The van der Waals surface area contributed by atoms with E-state index in [1.165, 1.54) is 12.1 Å². The number of anilines is 2. The Morgan fingerprint density at radius 2 is 1.68 bits per heavy atom. The fourth-order valence-corrected chi connectivity index (χ4v) is 3.72. The van der Waals surface area contributed by atoms with Crippen molar-refractivity contribution in [2.45, 2.75) is 20.8 Å². The summed E-state index contributed by atoms with van der Waals surface area (Å²) >= 11 is 6.45. The van der Waals surface area contributed by atoms with Crippen LogP contribution in [0.4, 0.5) is 11.4 Å². The first-order valence-corrected chi connectivity index (χ1v) is 12.3. The number of carbonyl (C=O) groups is 2. The maximum absolute atomic E-state index is 12.7. The van der Waals surface area contributed by atoms with Gasteiger partial charge in [-0.15, -0.1) is 0 Å². The first-order chi connectivity index (χ1) is 18.3. The van der Waals surface area contributed by atoms with Crippen LogP contribution in [0.3, 0.4) is 0 Å². The van der Waals surface area contributed by atoms with E-state index in [0.29, 0.717) is 35.9 Å². The van der Waals surface area contributed by atoms with E-state index in [9.17, 15) is 14.9 Å². The van der Waals surface area contributed by atoms with Crippen molar-refractivity contribution in [1.82, 2.24) is 0 Å². The molecule has 196 valence electrons. The lowest BCUT2D eigenvalue weighted by Gasteiger charge is -2.15. The van der Waals surface area contributed by atoms with Crippen LogP contribution in [0, 0.1) is 18.3 Å². The number of halogens is 1. The maximum Gasteiger partial charge on any atom is 0.266 e. The highest BCUT2D eigenvalue weighted by molar-refractivity contribution is 6.32. The second kappa shape index (κ2) is 13.7. The van der Waals surface area contributed by atoms with Crippen molar-refractivity contribution in [3.05, 3.63) is 82.4 Å². The van der Waals surface area contributed by atoms with Gasteiger partial charge in [0, 0.05) is 11.4 Å². The molecule has 0 bridgehead atoms. The lowest BCUT2D eigenvalue weighted by atomic mass is 10.1. The summed E-state index contributed by atoms with van der Waals surface area (Å²) in [5, 5.41) is 15.2. The monoisotopic (exact) mass is 533 g/mol. The Labute approximate surface area is 226 Å². The fourth-order valence-electron chi connectivity index (χ4n) is 3.45. The molecule has 0 radical (unpaired) electrons. The van der Waals surface area contributed by atoms with E-state index in [0.717, 1.165) is 5.56 Å². The number of rotatable bonds is 11. The molecule has 3 aromatic rings. The van der Waals surface area contributed by atoms with Crippen LogP contribution in [0.15, 0.2) is 66.2 Å². The van der Waals surface area contributed by atoms with Crippen LogP contribution in [0.2, 0.25) is 5.02 Å². The molecule has 0 heterocycles. The van der Waals surface area contributed by atoms with Crippen molar-refractivity contribution in [2.75, 3.05) is 30.5 Å². The molecule has 8 nitrogen and oxygen atoms in total. The van der Waals surface area contributed by atoms with Gasteiger partial charge < -0.3 is 24.8 Å². The van der Waals surface area contributed by atoms with Crippen molar-refractivity contribution >= 4 is 40.9 Å². The Morgan fingerprint density at radius 1 is 0.947 bits per heavy atom. The summed E-state index contributed by atoms with van der Waals surface area (Å²) < 4.78 is 16.7. The van der Waals surface area contributed by atoms with Crippen LogP contribution in [-0.2, 0) is 9.59 Å². The van der Waals surface area contributed by atoms with Crippen LogP contribution in [0.5, 0.6) is 17.2 Å². The third kappa shape index (κ3) is 8.02. The molecule has 0 saturated heterocycles. The van der Waals surface area contributed by atoms with Crippen molar-refractivity contribution < 1.29 is 23.8 Å². The van der Waals surface area contributed by atoms with Gasteiger partial charge in [-0.1, -0.05) is 23.7 Å². The van der Waals surface area contributed by atoms with E-state index in [4.69, 9.17) is 25.8 Å². The van der Waals surface area contributed by atoms with Gasteiger partial charge in [0.25, 0.3) is 11.8 Å². The van der Waals surface area contributed by atoms with Gasteiger partial charge in [0.15, 0.2) is 18.1 Å². The molecule has 0 aliphatic rings. The van der Waals surface area contributed by atoms with Crippen molar-refractivity contribution in [2.24, 2.45) is 0 Å². The molecule has 3 rings (SSSR count). The van der Waals surface area contributed by atoms with E-state index < -0.39 is 5.91 Å². The quantitative estimate of drug-likeness (QED) is 0.231. The summed E-state index contributed by atoms with van der Waals surface area (Å²) in [7, 11) is 0. The van der Waals surface area contributed by atoms with Crippen LogP contribution >= 0.6 is 11.6 Å². The standard InChI is InChI=1S/C29H28ClN3O5/c1-4-36-24-11-9-22(10-12-24)33-29(35)21(17-31)14-20-15-25(30)28(26(16-20)37-5-2)38-18-27(34)32-23-8-6-7-19(3)13-23/h6-16H,4-5,18H2,1-3H3,(H,32,34)(H,33,35)/b21-14+. The summed E-state index contributed by atoms with van der Waals surface area (Å²) in [4.78, 5) is 25.1. The zero-order chi connectivity index (χ0) is 27.5. The van der Waals surface area contributed by atoms with E-state index in [-0.39, 0.29) is 34.6 Å². The summed E-state index contributed by atoms with van der Waals surface area (Å²) in [6.07, 6.45) is 1.40. The Hall–Kier alpha value is -4.48. The topological polar surface area (TPSA) is 110 Å². The van der Waals surface area contributed by atoms with Gasteiger partial charge in [-0.2, -0.15) is 5.26 Å². The normalized spacial score (nSPS) is 10.8. The van der Waals surface area contributed by atoms with Crippen LogP contribution < -0.4 is 24.8 Å². The van der Waals surface area contributed by atoms with Gasteiger partial charge in [0.05, 0.1) is 18.2 Å². The zero-order valence-electron chi connectivity index (χ0n) is 21.3. The lowest BCUT2D eigenvalue weighted by molar-refractivity contribution is -0.118. The average Bonchev–Trinajstić information content (AvgIpc) is 2.88. The Kier molecular flexibility index (Phi) is 10.1. The van der Waals surface area contributed by atoms with E-state index in [1.54, 1.807) is 43.3 Å². The molecule has 0 fully saturated rings. The second-order valence-electron chi connectivity index (χ2n) is 8.05. The molecule has 0 aromatic heterocycles. The predicted molar refractivity (Wildman–Crippen MR) is 148 cm³/mol. The van der Waals surface area contributed by atoms with Gasteiger partial charge in [-0.05, 0) is 86.5 Å². The number of nitrogens with one attached hydrogen (secondary N) is 2. The predicted octanol–water partition coefficient (Wildman–Crippen LogP) is 6.01. The summed E-state index contributed by atoms with van der Waals surface area (Å²) in [6, 6.07) is 19.2. The minimum Gasteiger partial charge on any atom is -0.494 e. The highest BCUT2D eigenvalue weighted by Crippen LogP contribution is 2.37. The fraction of sp³-hybridized carbons (Fsp3) is 0.207. The number of nitriles is 1. The first kappa shape index (κ1) is 28.1. The molecule has 2 amide bonds. The van der Waals surface area contributed by atoms with Gasteiger partial charge in [0.2, 0.25) is 0 Å². The number of carbonyl (C=O) groups excluding carboxylic acids is 2. The number of hydrogen-bond donors (Lipinski definition) is 2. The molecule has 2 N–H and O–H groups in total. The SMILES string of the molecule is CCOc1ccc(NC(=O)/C(C#N)=C/c2cc(Cl)c(OCC(=O)Nc3cccc(C)c3)c(OCC)c2)cc1. The Balaban J connectivity index is 1.74. The summed E-state index contributed by atoms with van der Waals surface area (Å²) in [6.45, 7) is 6.14. The van der Waals surface area contributed by atoms with Crippen molar-refractivity contribution in [3.63, 3.8) is 0 Å². The summed E-state index contributed by atoms with van der Waals surface area (Å²) in [5.41, 5.74) is 2.50. The molecule has 0 spiro atoms. The number of aryl methyl sites for hydroxylation is 1. The number of benzene rings is 3. The number of amides is 2. The number of ether oxygens (including phenoxy) is 3. The maximum atomic E-state index is 12.7. The van der Waals surface area contributed by atoms with Crippen LogP contribution in [0.25, 0.3) is 6.08 Å². The van der Waals surface area contributed by atoms with E-state index >= 15 is 0 Å². The van der Waals surface area contributed by atoms with Crippen molar-refractivity contribution in [3.8, 4) is 23.3 Å². The van der Waals surface area contributed by atoms with Gasteiger partial charge in [0.1, 0.15) is 17.4 Å². The average molecular weight is 534 g/mol. The first-order valence-electron chi connectivity index (χ1n) is 11.9.